The molecule has 0 fully saturated rings. The first kappa shape index (κ1) is 17.6. The number of nitrogens with zero attached hydrogens (tertiary/aromatic N) is 1. The normalized spacial score (nSPS) is 11.0. The van der Waals surface area contributed by atoms with Crippen molar-refractivity contribution in [3.63, 3.8) is 0 Å². The number of amides is 1. The molecule has 3 N–H and O–H groups in total. The van der Waals surface area contributed by atoms with Gasteiger partial charge < -0.3 is 20.6 Å². The number of carbonyl (C=O) groups excluding carboxylic acids is 1. The second kappa shape index (κ2) is 8.79. The second-order valence-electron chi connectivity index (χ2n) is 4.85. The Morgan fingerprint density at radius 2 is 2.04 bits per heavy atom. The van der Waals surface area contributed by atoms with Gasteiger partial charge in [0.25, 0.3) is 5.91 Å². The number of hydrogen-bond donors (Lipinski definition) is 2. The van der Waals surface area contributed by atoms with Gasteiger partial charge in [-0.2, -0.15) is 0 Å². The quantitative estimate of drug-likeness (QED) is 0.457. The van der Waals surface area contributed by atoms with E-state index in [9.17, 15) is 4.79 Å². The zero-order valence-corrected chi connectivity index (χ0v) is 13.9. The highest BCUT2D eigenvalue weighted by atomic mass is 35.5. The number of halogens is 1. The van der Waals surface area contributed by atoms with Crippen LogP contribution in [0.2, 0.25) is 5.02 Å². The maximum Gasteiger partial charge on any atom is 0.261 e. The van der Waals surface area contributed by atoms with E-state index in [-0.39, 0.29) is 18.3 Å². The van der Waals surface area contributed by atoms with Crippen LogP contribution in [0.1, 0.15) is 11.1 Å². The number of nitrogens with two attached hydrogens (primary N) is 1. The van der Waals surface area contributed by atoms with Crippen molar-refractivity contribution in [1.82, 2.24) is 5.32 Å². The molecule has 2 rings (SSSR count). The van der Waals surface area contributed by atoms with Crippen LogP contribution in [0.15, 0.2) is 53.7 Å². The zero-order valence-electron chi connectivity index (χ0n) is 13.2. The van der Waals surface area contributed by atoms with Crippen LogP contribution in [0.25, 0.3) is 0 Å². The van der Waals surface area contributed by atoms with Crippen LogP contribution < -0.4 is 15.8 Å². The first-order valence-corrected chi connectivity index (χ1v) is 7.58. The molecule has 0 heterocycles. The number of benzene rings is 2. The smallest absolute Gasteiger partial charge is 0.261 e. The minimum Gasteiger partial charge on any atom is -0.496 e. The molecule has 0 unspecified atom stereocenters. The van der Waals surface area contributed by atoms with Gasteiger partial charge in [-0.25, -0.2) is 0 Å². The molecule has 0 aliphatic rings. The number of amidine groups is 1. The highest BCUT2D eigenvalue weighted by Crippen LogP contribution is 2.16. The summed E-state index contributed by atoms with van der Waals surface area (Å²) < 4.78 is 5.22. The molecule has 2 aromatic rings. The summed E-state index contributed by atoms with van der Waals surface area (Å²) in [7, 11) is 1.58. The van der Waals surface area contributed by atoms with Gasteiger partial charge in [0.1, 0.15) is 5.75 Å². The molecule has 0 spiro atoms. The lowest BCUT2D eigenvalue weighted by atomic mass is 10.2. The van der Waals surface area contributed by atoms with E-state index in [1.807, 2.05) is 24.3 Å². The van der Waals surface area contributed by atoms with Crippen LogP contribution >= 0.6 is 11.6 Å². The maximum absolute atomic E-state index is 11.8. The third-order valence-electron chi connectivity index (χ3n) is 3.15. The Balaban J connectivity index is 1.82. The monoisotopic (exact) mass is 347 g/mol. The van der Waals surface area contributed by atoms with Crippen molar-refractivity contribution in [1.29, 1.82) is 0 Å². The second-order valence-corrected chi connectivity index (χ2v) is 5.29. The lowest BCUT2D eigenvalue weighted by Crippen LogP contribution is -2.27. The van der Waals surface area contributed by atoms with E-state index >= 15 is 0 Å². The third-order valence-corrected chi connectivity index (χ3v) is 3.38. The lowest BCUT2D eigenvalue weighted by Gasteiger charge is -2.09. The highest BCUT2D eigenvalue weighted by molar-refractivity contribution is 6.31. The van der Waals surface area contributed by atoms with Crippen molar-refractivity contribution < 1.29 is 14.4 Å². The Kier molecular flexibility index (Phi) is 6.45. The van der Waals surface area contributed by atoms with Gasteiger partial charge in [-0.1, -0.05) is 47.1 Å². The molecule has 0 aliphatic carbocycles. The maximum atomic E-state index is 11.8. The van der Waals surface area contributed by atoms with E-state index < -0.39 is 0 Å². The van der Waals surface area contributed by atoms with Gasteiger partial charge in [0, 0.05) is 22.7 Å². The molecule has 0 aliphatic heterocycles. The van der Waals surface area contributed by atoms with Gasteiger partial charge in [-0.05, 0) is 18.2 Å². The number of oxime groups is 1. The number of rotatable bonds is 7. The predicted molar refractivity (Wildman–Crippen MR) is 93.0 cm³/mol. The fourth-order valence-electron chi connectivity index (χ4n) is 1.95. The fraction of sp³-hybridized carbons (Fsp3) is 0.176. The number of hydrogen-bond acceptors (Lipinski definition) is 4. The Labute approximate surface area is 145 Å². The van der Waals surface area contributed by atoms with Crippen molar-refractivity contribution in [3.05, 3.63) is 64.7 Å². The molecule has 0 saturated carbocycles. The van der Waals surface area contributed by atoms with Crippen molar-refractivity contribution in [2.75, 3.05) is 13.7 Å². The molecule has 6 nitrogen and oxygen atoms in total. The Morgan fingerprint density at radius 3 is 2.79 bits per heavy atom. The molecule has 0 aromatic heterocycles. The summed E-state index contributed by atoms with van der Waals surface area (Å²) in [5.74, 6) is 0.542. The molecule has 24 heavy (non-hydrogen) atoms. The Morgan fingerprint density at radius 1 is 1.25 bits per heavy atom. The summed E-state index contributed by atoms with van der Waals surface area (Å²) in [5.41, 5.74) is 7.26. The number of ether oxygens (including phenoxy) is 1. The standard InChI is InChI=1S/C17H18ClN3O3/c1-23-15-8-3-2-5-13(15)10-20-16(22)11-24-21-17(19)12-6-4-7-14(18)9-12/h2-9H,10-11H2,1H3,(H2,19,21)(H,20,22). The van der Waals surface area contributed by atoms with Gasteiger partial charge in [-0.3, -0.25) is 4.79 Å². The molecular formula is C17H18ClN3O3. The summed E-state index contributed by atoms with van der Waals surface area (Å²) in [6.07, 6.45) is 0. The lowest BCUT2D eigenvalue weighted by molar-refractivity contribution is -0.125. The Bertz CT molecular complexity index is 735. The average Bonchev–Trinajstić information content (AvgIpc) is 2.60. The fourth-order valence-corrected chi connectivity index (χ4v) is 2.15. The molecule has 7 heteroatoms. The van der Waals surface area contributed by atoms with Gasteiger partial charge in [0.15, 0.2) is 12.4 Å². The van der Waals surface area contributed by atoms with Crippen LogP contribution in [0.4, 0.5) is 0 Å². The van der Waals surface area contributed by atoms with E-state index in [1.54, 1.807) is 31.4 Å². The van der Waals surface area contributed by atoms with Gasteiger partial charge in [-0.15, -0.1) is 0 Å². The van der Waals surface area contributed by atoms with Crippen molar-refractivity contribution in [2.45, 2.75) is 6.54 Å². The Hall–Kier alpha value is -2.73. The SMILES string of the molecule is COc1ccccc1CNC(=O)CO/N=C(/N)c1cccc(Cl)c1. The number of methoxy groups -OCH3 is 1. The minimum absolute atomic E-state index is 0.148. The van der Waals surface area contributed by atoms with Gasteiger partial charge >= 0.3 is 0 Å². The van der Waals surface area contributed by atoms with Gasteiger partial charge in [0.2, 0.25) is 0 Å². The van der Waals surface area contributed by atoms with E-state index in [0.29, 0.717) is 22.9 Å². The average molecular weight is 348 g/mol. The summed E-state index contributed by atoms with van der Waals surface area (Å²) in [6, 6.07) is 14.3. The van der Waals surface area contributed by atoms with Crippen LogP contribution in [-0.4, -0.2) is 25.5 Å². The number of para-hydroxylation sites is 1. The predicted octanol–water partition coefficient (Wildman–Crippen LogP) is 2.30. The largest absolute Gasteiger partial charge is 0.496 e. The zero-order chi connectivity index (χ0) is 17.4. The van der Waals surface area contributed by atoms with E-state index in [2.05, 4.69) is 10.5 Å². The first-order valence-electron chi connectivity index (χ1n) is 7.20. The van der Waals surface area contributed by atoms with Gasteiger partial charge in [0.05, 0.1) is 7.11 Å². The van der Waals surface area contributed by atoms with Crippen LogP contribution in [0.3, 0.4) is 0 Å². The summed E-state index contributed by atoms with van der Waals surface area (Å²) in [5, 5.41) is 6.98. The van der Waals surface area contributed by atoms with Crippen molar-refractivity contribution in [2.24, 2.45) is 10.9 Å². The molecule has 0 radical (unpaired) electrons. The molecular weight excluding hydrogens is 330 g/mol. The summed E-state index contributed by atoms with van der Waals surface area (Å²) in [6.45, 7) is 0.0934. The van der Waals surface area contributed by atoms with Crippen LogP contribution in [-0.2, 0) is 16.2 Å². The molecule has 126 valence electrons. The summed E-state index contributed by atoms with van der Waals surface area (Å²) in [4.78, 5) is 16.8. The van der Waals surface area contributed by atoms with Crippen molar-refractivity contribution in [3.8, 4) is 5.75 Å². The van der Waals surface area contributed by atoms with Crippen molar-refractivity contribution >= 4 is 23.3 Å². The molecule has 1 amide bonds. The first-order chi connectivity index (χ1) is 11.6. The van der Waals surface area contributed by atoms with E-state index in [1.165, 1.54) is 0 Å². The number of carbonyl (C=O) groups is 1. The molecule has 0 bridgehead atoms. The third kappa shape index (κ3) is 5.17. The summed E-state index contributed by atoms with van der Waals surface area (Å²) >= 11 is 5.87. The topological polar surface area (TPSA) is 85.9 Å². The van der Waals surface area contributed by atoms with E-state index in [4.69, 9.17) is 26.9 Å². The molecule has 2 aromatic carbocycles. The molecule has 0 saturated heterocycles. The highest BCUT2D eigenvalue weighted by Gasteiger charge is 2.06. The van der Waals surface area contributed by atoms with E-state index in [0.717, 1.165) is 5.56 Å². The van der Waals surface area contributed by atoms with Crippen LogP contribution in [0, 0.1) is 0 Å². The number of nitrogens with one attached hydrogen (secondary N) is 1. The van der Waals surface area contributed by atoms with Crippen LogP contribution in [0.5, 0.6) is 5.75 Å². The molecule has 0 atom stereocenters. The minimum atomic E-state index is -0.316.